The van der Waals surface area contributed by atoms with Crippen molar-refractivity contribution >= 4 is 5.97 Å². The van der Waals surface area contributed by atoms with Gasteiger partial charge in [0.2, 0.25) is 0 Å². The predicted octanol–water partition coefficient (Wildman–Crippen LogP) is 2.72. The second-order valence-corrected chi connectivity index (χ2v) is 4.07. The first kappa shape index (κ1) is 15.2. The lowest BCUT2D eigenvalue weighted by molar-refractivity contribution is -0.144. The quantitative estimate of drug-likeness (QED) is 0.411. The van der Waals surface area contributed by atoms with Gasteiger partial charge in [0.1, 0.15) is 11.9 Å². The summed E-state index contributed by atoms with van der Waals surface area (Å²) in [6.07, 6.45) is 1.94. The van der Waals surface area contributed by atoms with Gasteiger partial charge in [-0.1, -0.05) is 24.8 Å². The third-order valence-corrected chi connectivity index (χ3v) is 2.55. The number of rotatable bonds is 8. The third kappa shape index (κ3) is 6.06. The van der Waals surface area contributed by atoms with E-state index >= 15 is 0 Å². The Labute approximate surface area is 114 Å². The van der Waals surface area contributed by atoms with Gasteiger partial charge in [0.15, 0.2) is 0 Å². The van der Waals surface area contributed by atoms with Crippen molar-refractivity contribution in [1.29, 1.82) is 0 Å². The van der Waals surface area contributed by atoms with E-state index < -0.39 is 0 Å². The maximum Gasteiger partial charge on any atom is 0.303 e. The molecule has 0 saturated carbocycles. The molecule has 0 spiro atoms. The molecule has 1 aromatic carbocycles. The standard InChI is InChI=1S/C15H20O4/c1-4-14(19-12(2)16)9-10-18-11-13-5-7-15(17-3)8-6-13/h4-8,14H,1,9-11H2,2-3H3/t14-/m1/s1. The Bertz CT molecular complexity index is 397. The molecule has 1 atom stereocenters. The molecule has 0 saturated heterocycles. The minimum Gasteiger partial charge on any atom is -0.497 e. The van der Waals surface area contributed by atoms with Crippen LogP contribution in [0.25, 0.3) is 0 Å². The Morgan fingerprint density at radius 3 is 2.58 bits per heavy atom. The van der Waals surface area contributed by atoms with Gasteiger partial charge in [-0.15, -0.1) is 0 Å². The Kier molecular flexibility index (Phi) is 6.68. The summed E-state index contributed by atoms with van der Waals surface area (Å²) in [5.41, 5.74) is 1.07. The first-order valence-electron chi connectivity index (χ1n) is 6.16. The fraction of sp³-hybridized carbons (Fsp3) is 0.400. The summed E-state index contributed by atoms with van der Waals surface area (Å²) in [6, 6.07) is 7.69. The molecule has 0 aromatic heterocycles. The number of hydrogen-bond donors (Lipinski definition) is 0. The van der Waals surface area contributed by atoms with E-state index in [0.29, 0.717) is 19.6 Å². The number of benzene rings is 1. The molecule has 0 fully saturated rings. The highest BCUT2D eigenvalue weighted by molar-refractivity contribution is 5.66. The Morgan fingerprint density at radius 1 is 1.37 bits per heavy atom. The highest BCUT2D eigenvalue weighted by Crippen LogP contribution is 2.12. The van der Waals surface area contributed by atoms with E-state index in [-0.39, 0.29) is 12.1 Å². The first-order chi connectivity index (χ1) is 9.15. The minimum atomic E-state index is -0.306. The zero-order valence-corrected chi connectivity index (χ0v) is 11.4. The molecule has 0 amide bonds. The molecule has 4 heteroatoms. The second-order valence-electron chi connectivity index (χ2n) is 4.07. The second kappa shape index (κ2) is 8.32. The van der Waals surface area contributed by atoms with E-state index in [9.17, 15) is 4.79 Å². The number of hydrogen-bond acceptors (Lipinski definition) is 4. The van der Waals surface area contributed by atoms with Crippen molar-refractivity contribution in [3.8, 4) is 5.75 Å². The first-order valence-corrected chi connectivity index (χ1v) is 6.16. The summed E-state index contributed by atoms with van der Waals surface area (Å²) in [4.78, 5) is 10.8. The lowest BCUT2D eigenvalue weighted by atomic mass is 10.2. The molecule has 0 radical (unpaired) electrons. The molecule has 0 aliphatic rings. The van der Waals surface area contributed by atoms with Crippen LogP contribution >= 0.6 is 0 Å². The summed E-state index contributed by atoms with van der Waals surface area (Å²) in [5.74, 6) is 0.519. The molecule has 1 rings (SSSR count). The number of methoxy groups -OCH3 is 1. The number of ether oxygens (including phenoxy) is 3. The molecular weight excluding hydrogens is 244 g/mol. The minimum absolute atomic E-state index is 0.284. The van der Waals surface area contributed by atoms with E-state index in [4.69, 9.17) is 14.2 Å². The lowest BCUT2D eigenvalue weighted by Gasteiger charge is -2.12. The van der Waals surface area contributed by atoms with Gasteiger partial charge < -0.3 is 14.2 Å². The molecule has 4 nitrogen and oxygen atoms in total. The summed E-state index contributed by atoms with van der Waals surface area (Å²) < 4.78 is 15.6. The molecule has 104 valence electrons. The molecule has 0 aliphatic heterocycles. The van der Waals surface area contributed by atoms with Crippen molar-refractivity contribution in [2.24, 2.45) is 0 Å². The van der Waals surface area contributed by atoms with Gasteiger partial charge in [0, 0.05) is 13.3 Å². The van der Waals surface area contributed by atoms with Crippen LogP contribution in [0, 0.1) is 0 Å². The fourth-order valence-corrected chi connectivity index (χ4v) is 1.55. The van der Waals surface area contributed by atoms with Crippen molar-refractivity contribution in [3.05, 3.63) is 42.5 Å². The zero-order chi connectivity index (χ0) is 14.1. The molecule has 0 N–H and O–H groups in total. The average molecular weight is 264 g/mol. The van der Waals surface area contributed by atoms with E-state index in [1.807, 2.05) is 24.3 Å². The van der Waals surface area contributed by atoms with Gasteiger partial charge in [0.25, 0.3) is 0 Å². The van der Waals surface area contributed by atoms with Gasteiger partial charge in [0.05, 0.1) is 20.3 Å². The molecule has 0 aliphatic carbocycles. The maximum atomic E-state index is 10.8. The fourth-order valence-electron chi connectivity index (χ4n) is 1.55. The third-order valence-electron chi connectivity index (χ3n) is 2.55. The van der Waals surface area contributed by atoms with Crippen molar-refractivity contribution < 1.29 is 19.0 Å². The monoisotopic (exact) mass is 264 g/mol. The van der Waals surface area contributed by atoms with Gasteiger partial charge in [-0.2, -0.15) is 0 Å². The van der Waals surface area contributed by atoms with Crippen LogP contribution in [-0.2, 0) is 20.9 Å². The number of esters is 1. The van der Waals surface area contributed by atoms with E-state index in [2.05, 4.69) is 6.58 Å². The van der Waals surface area contributed by atoms with Crippen molar-refractivity contribution in [1.82, 2.24) is 0 Å². The van der Waals surface area contributed by atoms with Crippen LogP contribution in [0.4, 0.5) is 0 Å². The Hall–Kier alpha value is -1.81. The Balaban J connectivity index is 2.25. The van der Waals surface area contributed by atoms with Crippen LogP contribution in [0.5, 0.6) is 5.75 Å². The summed E-state index contributed by atoms with van der Waals surface area (Å²) in [6.45, 7) is 6.04. The van der Waals surface area contributed by atoms with Crippen LogP contribution in [0.15, 0.2) is 36.9 Å². The summed E-state index contributed by atoms with van der Waals surface area (Å²) >= 11 is 0. The van der Waals surface area contributed by atoms with E-state index in [0.717, 1.165) is 11.3 Å². The van der Waals surface area contributed by atoms with Crippen LogP contribution in [0.1, 0.15) is 18.9 Å². The highest BCUT2D eigenvalue weighted by Gasteiger charge is 2.07. The van der Waals surface area contributed by atoms with Gasteiger partial charge in [-0.25, -0.2) is 0 Å². The van der Waals surface area contributed by atoms with Gasteiger partial charge in [-0.05, 0) is 17.7 Å². The van der Waals surface area contributed by atoms with Crippen LogP contribution < -0.4 is 4.74 Å². The molecule has 1 aromatic rings. The van der Waals surface area contributed by atoms with Crippen LogP contribution in [0.3, 0.4) is 0 Å². The zero-order valence-electron chi connectivity index (χ0n) is 11.4. The molecular formula is C15H20O4. The molecule has 19 heavy (non-hydrogen) atoms. The van der Waals surface area contributed by atoms with Crippen LogP contribution in [-0.4, -0.2) is 25.8 Å². The smallest absolute Gasteiger partial charge is 0.303 e. The van der Waals surface area contributed by atoms with Crippen molar-refractivity contribution in [2.45, 2.75) is 26.1 Å². The SMILES string of the molecule is C=C[C@H](CCOCc1ccc(OC)cc1)OC(C)=O. The molecule has 0 unspecified atom stereocenters. The lowest BCUT2D eigenvalue weighted by Crippen LogP contribution is -2.15. The topological polar surface area (TPSA) is 44.8 Å². The van der Waals surface area contributed by atoms with E-state index in [1.165, 1.54) is 6.92 Å². The van der Waals surface area contributed by atoms with Gasteiger partial charge >= 0.3 is 5.97 Å². The Morgan fingerprint density at radius 2 is 2.05 bits per heavy atom. The van der Waals surface area contributed by atoms with Gasteiger partial charge in [-0.3, -0.25) is 4.79 Å². The molecule has 0 heterocycles. The number of carbonyl (C=O) groups is 1. The molecule has 0 bridgehead atoms. The highest BCUT2D eigenvalue weighted by atomic mass is 16.5. The van der Waals surface area contributed by atoms with E-state index in [1.54, 1.807) is 13.2 Å². The average Bonchev–Trinajstić information content (AvgIpc) is 2.42. The summed E-state index contributed by atoms with van der Waals surface area (Å²) in [5, 5.41) is 0. The van der Waals surface area contributed by atoms with Crippen molar-refractivity contribution in [3.63, 3.8) is 0 Å². The largest absolute Gasteiger partial charge is 0.497 e. The number of carbonyl (C=O) groups excluding carboxylic acids is 1. The normalized spacial score (nSPS) is 11.7. The summed E-state index contributed by atoms with van der Waals surface area (Å²) in [7, 11) is 1.63. The maximum absolute atomic E-state index is 10.8. The van der Waals surface area contributed by atoms with Crippen LogP contribution in [0.2, 0.25) is 0 Å². The van der Waals surface area contributed by atoms with Crippen molar-refractivity contribution in [2.75, 3.05) is 13.7 Å². The predicted molar refractivity (Wildman–Crippen MR) is 73.0 cm³/mol.